The third kappa shape index (κ3) is 3.26. The summed E-state index contributed by atoms with van der Waals surface area (Å²) in [5.41, 5.74) is 1.81. The molecule has 0 aliphatic rings. The number of thioether (sulfide) groups is 1. The van der Waals surface area contributed by atoms with Crippen molar-refractivity contribution in [1.82, 2.24) is 0 Å². The molecule has 2 rings (SSSR count). The van der Waals surface area contributed by atoms with Crippen LogP contribution in [0.3, 0.4) is 0 Å². The summed E-state index contributed by atoms with van der Waals surface area (Å²) in [7, 11) is 3.02. The molecule has 0 fully saturated rings. The molecular formula is C14H15NO3S2. The van der Waals surface area contributed by atoms with Gasteiger partial charge in [0.05, 0.1) is 24.1 Å². The molecule has 0 unspecified atom stereocenters. The lowest BCUT2D eigenvalue weighted by Gasteiger charge is -2.07. The normalized spacial score (nSPS) is 10.2. The lowest BCUT2D eigenvalue weighted by atomic mass is 10.3. The molecule has 0 bridgehead atoms. The van der Waals surface area contributed by atoms with E-state index in [1.54, 1.807) is 18.9 Å². The average molecular weight is 309 g/mol. The van der Waals surface area contributed by atoms with E-state index in [0.29, 0.717) is 4.88 Å². The molecule has 4 nitrogen and oxygen atoms in total. The maximum Gasteiger partial charge on any atom is 0.348 e. The standard InChI is InChI=1S/C14H15NO3S2/c1-17-10-6-4-5-9(7-10)15-11-8-12(13(16)18-2)20-14(11)19-3/h4-8,15H,1-3H3. The van der Waals surface area contributed by atoms with Crippen LogP contribution in [0, 0.1) is 0 Å². The van der Waals surface area contributed by atoms with E-state index in [9.17, 15) is 4.79 Å². The minimum Gasteiger partial charge on any atom is -0.497 e. The Hall–Kier alpha value is -1.66. The number of esters is 1. The van der Waals surface area contributed by atoms with E-state index in [4.69, 9.17) is 9.47 Å². The molecule has 0 aliphatic heterocycles. The van der Waals surface area contributed by atoms with E-state index in [-0.39, 0.29) is 5.97 Å². The first-order valence-electron chi connectivity index (χ1n) is 5.85. The first kappa shape index (κ1) is 14.7. The summed E-state index contributed by atoms with van der Waals surface area (Å²) in [6, 6.07) is 9.45. The zero-order chi connectivity index (χ0) is 14.5. The zero-order valence-electron chi connectivity index (χ0n) is 11.4. The monoisotopic (exact) mass is 309 g/mol. The van der Waals surface area contributed by atoms with Gasteiger partial charge < -0.3 is 14.8 Å². The molecule has 1 heterocycles. The van der Waals surface area contributed by atoms with Crippen molar-refractivity contribution >= 4 is 40.4 Å². The Labute approximate surface area is 126 Å². The Bertz CT molecular complexity index is 610. The van der Waals surface area contributed by atoms with E-state index in [0.717, 1.165) is 21.3 Å². The van der Waals surface area contributed by atoms with E-state index in [2.05, 4.69) is 5.32 Å². The van der Waals surface area contributed by atoms with Crippen molar-refractivity contribution in [2.24, 2.45) is 0 Å². The van der Waals surface area contributed by atoms with Crippen molar-refractivity contribution in [3.63, 3.8) is 0 Å². The van der Waals surface area contributed by atoms with E-state index in [1.165, 1.54) is 18.4 Å². The second kappa shape index (κ2) is 6.67. The summed E-state index contributed by atoms with van der Waals surface area (Å²) < 4.78 is 11.0. The largest absolute Gasteiger partial charge is 0.497 e. The first-order valence-corrected chi connectivity index (χ1v) is 7.89. The molecule has 0 radical (unpaired) electrons. The minimum atomic E-state index is -0.316. The Morgan fingerprint density at radius 2 is 2.10 bits per heavy atom. The number of nitrogens with one attached hydrogen (secondary N) is 1. The van der Waals surface area contributed by atoms with Crippen LogP contribution < -0.4 is 10.1 Å². The average Bonchev–Trinajstić information content (AvgIpc) is 2.89. The number of hydrogen-bond acceptors (Lipinski definition) is 6. The maximum atomic E-state index is 11.6. The third-order valence-corrected chi connectivity index (χ3v) is 4.87. The summed E-state index contributed by atoms with van der Waals surface area (Å²) in [5.74, 6) is 0.466. The van der Waals surface area contributed by atoms with E-state index in [1.807, 2.05) is 36.6 Å². The zero-order valence-corrected chi connectivity index (χ0v) is 13.1. The number of ether oxygens (including phenoxy) is 2. The van der Waals surface area contributed by atoms with Gasteiger partial charge in [-0.15, -0.1) is 23.1 Å². The fraction of sp³-hybridized carbons (Fsp3) is 0.214. The molecule has 1 N–H and O–H groups in total. The number of carbonyl (C=O) groups excluding carboxylic acids is 1. The van der Waals surface area contributed by atoms with Crippen molar-refractivity contribution in [2.75, 3.05) is 25.8 Å². The summed E-state index contributed by atoms with van der Waals surface area (Å²) in [6.45, 7) is 0. The molecule has 1 aromatic heterocycles. The summed E-state index contributed by atoms with van der Waals surface area (Å²) >= 11 is 3.01. The third-order valence-electron chi connectivity index (χ3n) is 2.62. The second-order valence-electron chi connectivity index (χ2n) is 3.86. The fourth-order valence-corrected chi connectivity index (χ4v) is 3.37. The second-order valence-corrected chi connectivity index (χ2v) is 5.99. The molecule has 0 aliphatic carbocycles. The summed E-state index contributed by atoms with van der Waals surface area (Å²) in [4.78, 5) is 12.2. The number of carbonyl (C=O) groups is 1. The molecule has 0 spiro atoms. The van der Waals surface area contributed by atoms with Gasteiger partial charge in [0, 0.05) is 11.8 Å². The van der Waals surface area contributed by atoms with Crippen LogP contribution in [0.1, 0.15) is 9.67 Å². The van der Waals surface area contributed by atoms with Crippen LogP contribution >= 0.6 is 23.1 Å². The number of benzene rings is 1. The molecule has 6 heteroatoms. The van der Waals surface area contributed by atoms with Gasteiger partial charge in [0.25, 0.3) is 0 Å². The van der Waals surface area contributed by atoms with Crippen LogP contribution in [0.4, 0.5) is 11.4 Å². The van der Waals surface area contributed by atoms with Gasteiger partial charge in [-0.2, -0.15) is 0 Å². The molecule has 1 aromatic carbocycles. The minimum absolute atomic E-state index is 0.316. The Kier molecular flexibility index (Phi) is 4.92. The molecule has 20 heavy (non-hydrogen) atoms. The molecule has 0 saturated heterocycles. The predicted molar refractivity (Wildman–Crippen MR) is 83.7 cm³/mol. The highest BCUT2D eigenvalue weighted by atomic mass is 32.2. The fourth-order valence-electron chi connectivity index (χ4n) is 1.67. The quantitative estimate of drug-likeness (QED) is 0.668. The molecule has 2 aromatic rings. The topological polar surface area (TPSA) is 47.6 Å². The number of hydrogen-bond donors (Lipinski definition) is 1. The predicted octanol–water partition coefficient (Wildman–Crippen LogP) is 4.01. The Morgan fingerprint density at radius 1 is 1.30 bits per heavy atom. The molecule has 0 saturated carbocycles. The van der Waals surface area contributed by atoms with Crippen LogP contribution in [0.5, 0.6) is 5.75 Å². The summed E-state index contributed by atoms with van der Waals surface area (Å²) in [5, 5.41) is 3.30. The maximum absolute atomic E-state index is 11.6. The van der Waals surface area contributed by atoms with Gasteiger partial charge in [-0.25, -0.2) is 4.79 Å². The van der Waals surface area contributed by atoms with Crippen LogP contribution in [-0.2, 0) is 4.74 Å². The number of thiophene rings is 1. The molecule has 0 amide bonds. The Morgan fingerprint density at radius 3 is 2.75 bits per heavy atom. The van der Waals surface area contributed by atoms with Crippen molar-refractivity contribution in [3.05, 3.63) is 35.2 Å². The van der Waals surface area contributed by atoms with Gasteiger partial charge in [-0.1, -0.05) is 6.07 Å². The van der Waals surface area contributed by atoms with Crippen molar-refractivity contribution in [3.8, 4) is 5.75 Å². The Balaban J connectivity index is 2.27. The van der Waals surface area contributed by atoms with Crippen LogP contribution in [0.2, 0.25) is 0 Å². The van der Waals surface area contributed by atoms with Gasteiger partial charge in [0.2, 0.25) is 0 Å². The number of anilines is 2. The van der Waals surface area contributed by atoms with Crippen molar-refractivity contribution in [2.45, 2.75) is 4.21 Å². The van der Waals surface area contributed by atoms with Crippen LogP contribution in [0.15, 0.2) is 34.5 Å². The first-order chi connectivity index (χ1) is 9.67. The van der Waals surface area contributed by atoms with Gasteiger partial charge in [0.1, 0.15) is 10.6 Å². The van der Waals surface area contributed by atoms with Gasteiger partial charge in [-0.3, -0.25) is 0 Å². The highest BCUT2D eigenvalue weighted by Crippen LogP contribution is 2.37. The lowest BCUT2D eigenvalue weighted by molar-refractivity contribution is 0.0606. The van der Waals surface area contributed by atoms with E-state index >= 15 is 0 Å². The van der Waals surface area contributed by atoms with Gasteiger partial charge in [-0.05, 0) is 24.5 Å². The SMILES string of the molecule is COC(=O)c1cc(Nc2cccc(OC)c2)c(SC)s1. The highest BCUT2D eigenvalue weighted by molar-refractivity contribution is 8.00. The van der Waals surface area contributed by atoms with E-state index < -0.39 is 0 Å². The molecule has 106 valence electrons. The summed E-state index contributed by atoms with van der Waals surface area (Å²) in [6.07, 6.45) is 1.98. The smallest absolute Gasteiger partial charge is 0.348 e. The molecular weight excluding hydrogens is 294 g/mol. The molecule has 0 atom stereocenters. The number of methoxy groups -OCH3 is 2. The van der Waals surface area contributed by atoms with Crippen LogP contribution in [-0.4, -0.2) is 26.4 Å². The highest BCUT2D eigenvalue weighted by Gasteiger charge is 2.14. The number of rotatable bonds is 5. The van der Waals surface area contributed by atoms with Crippen molar-refractivity contribution < 1.29 is 14.3 Å². The lowest BCUT2D eigenvalue weighted by Crippen LogP contribution is -1.97. The van der Waals surface area contributed by atoms with Gasteiger partial charge >= 0.3 is 5.97 Å². The van der Waals surface area contributed by atoms with Crippen LogP contribution in [0.25, 0.3) is 0 Å². The van der Waals surface area contributed by atoms with Gasteiger partial charge in [0.15, 0.2) is 0 Å². The van der Waals surface area contributed by atoms with Crippen molar-refractivity contribution in [1.29, 1.82) is 0 Å².